The van der Waals surface area contributed by atoms with E-state index in [4.69, 9.17) is 0 Å². The Kier molecular flexibility index (Phi) is 5.22. The fourth-order valence-corrected chi connectivity index (χ4v) is 2.28. The first-order chi connectivity index (χ1) is 10.2. The van der Waals surface area contributed by atoms with Gasteiger partial charge in [0.05, 0.1) is 0 Å². The Hall–Kier alpha value is -2.01. The molecule has 0 unspecified atom stereocenters. The van der Waals surface area contributed by atoms with Crippen molar-refractivity contribution in [1.29, 1.82) is 0 Å². The number of anilines is 1. The van der Waals surface area contributed by atoms with Crippen molar-refractivity contribution in [2.75, 3.05) is 18.5 Å². The van der Waals surface area contributed by atoms with Gasteiger partial charge in [-0.05, 0) is 49.4 Å². The van der Waals surface area contributed by atoms with Crippen molar-refractivity contribution in [2.45, 2.75) is 20.0 Å². The fraction of sp³-hybridized carbons (Fsp3) is 0.312. The Labute approximate surface area is 123 Å². The first-order valence-corrected chi connectivity index (χ1v) is 6.92. The van der Waals surface area contributed by atoms with E-state index in [-0.39, 0.29) is 5.69 Å². The minimum Gasteiger partial charge on any atom is -0.363 e. The van der Waals surface area contributed by atoms with Crippen LogP contribution in [-0.2, 0) is 13.1 Å². The average Bonchev–Trinajstić information content (AvgIpc) is 2.47. The fourth-order valence-electron chi connectivity index (χ4n) is 2.28. The summed E-state index contributed by atoms with van der Waals surface area (Å²) in [5.74, 6) is -1.06. The molecule has 2 aromatic rings. The smallest absolute Gasteiger partial charge is 0.149 e. The predicted molar refractivity (Wildman–Crippen MR) is 80.1 cm³/mol. The van der Waals surface area contributed by atoms with Crippen molar-refractivity contribution < 1.29 is 8.78 Å². The van der Waals surface area contributed by atoms with Crippen LogP contribution < -0.4 is 10.2 Å². The zero-order valence-electron chi connectivity index (χ0n) is 12.2. The summed E-state index contributed by atoms with van der Waals surface area (Å²) in [6.45, 7) is 3.27. The first-order valence-electron chi connectivity index (χ1n) is 6.92. The van der Waals surface area contributed by atoms with Crippen LogP contribution in [0.25, 0.3) is 0 Å². The molecule has 0 saturated heterocycles. The maximum atomic E-state index is 14.3. The Balaban J connectivity index is 2.29. The number of pyridine rings is 1. The number of halogens is 2. The second-order valence-electron chi connectivity index (χ2n) is 4.81. The van der Waals surface area contributed by atoms with Gasteiger partial charge >= 0.3 is 0 Å². The monoisotopic (exact) mass is 291 g/mol. The molecule has 0 spiro atoms. The van der Waals surface area contributed by atoms with Gasteiger partial charge in [0.25, 0.3) is 0 Å². The van der Waals surface area contributed by atoms with E-state index in [0.29, 0.717) is 25.2 Å². The van der Waals surface area contributed by atoms with Crippen LogP contribution in [0.4, 0.5) is 14.5 Å². The predicted octanol–water partition coefficient (Wildman–Crippen LogP) is 3.11. The zero-order chi connectivity index (χ0) is 15.2. The first kappa shape index (κ1) is 15.4. The molecular formula is C16H19F2N3. The number of rotatable bonds is 6. The van der Waals surface area contributed by atoms with Crippen molar-refractivity contribution in [2.24, 2.45) is 0 Å². The second-order valence-corrected chi connectivity index (χ2v) is 4.81. The molecule has 0 saturated carbocycles. The molecule has 0 radical (unpaired) electrons. The highest BCUT2D eigenvalue weighted by molar-refractivity contribution is 5.51. The molecule has 0 aliphatic heterocycles. The Morgan fingerprint density at radius 2 is 1.71 bits per heavy atom. The number of benzene rings is 1. The van der Waals surface area contributed by atoms with E-state index in [9.17, 15) is 8.78 Å². The van der Waals surface area contributed by atoms with Gasteiger partial charge in [0.2, 0.25) is 0 Å². The van der Waals surface area contributed by atoms with Crippen molar-refractivity contribution in [1.82, 2.24) is 10.3 Å². The molecule has 0 fully saturated rings. The molecule has 0 amide bonds. The summed E-state index contributed by atoms with van der Waals surface area (Å²) in [5.41, 5.74) is 1.58. The van der Waals surface area contributed by atoms with Gasteiger partial charge in [-0.1, -0.05) is 0 Å². The molecule has 1 aromatic carbocycles. The topological polar surface area (TPSA) is 28.2 Å². The molecule has 1 heterocycles. The summed E-state index contributed by atoms with van der Waals surface area (Å²) in [7, 11) is 1.74. The molecular weight excluding hydrogens is 272 g/mol. The summed E-state index contributed by atoms with van der Waals surface area (Å²) >= 11 is 0. The Bertz CT molecular complexity index is 564. The van der Waals surface area contributed by atoms with E-state index < -0.39 is 11.6 Å². The molecule has 0 bridgehead atoms. The van der Waals surface area contributed by atoms with Gasteiger partial charge in [-0.25, -0.2) is 8.78 Å². The van der Waals surface area contributed by atoms with Crippen LogP contribution in [0.1, 0.15) is 18.1 Å². The highest BCUT2D eigenvalue weighted by Gasteiger charge is 2.17. The zero-order valence-corrected chi connectivity index (χ0v) is 12.2. The van der Waals surface area contributed by atoms with Crippen LogP contribution >= 0.6 is 0 Å². The molecule has 0 aliphatic carbocycles. The lowest BCUT2D eigenvalue weighted by molar-refractivity contribution is 0.566. The number of hydrogen-bond donors (Lipinski definition) is 1. The van der Waals surface area contributed by atoms with Crippen molar-refractivity contribution in [3.63, 3.8) is 0 Å². The lowest BCUT2D eigenvalue weighted by atomic mass is 10.1. The van der Waals surface area contributed by atoms with Crippen molar-refractivity contribution in [3.05, 3.63) is 59.4 Å². The maximum absolute atomic E-state index is 14.3. The van der Waals surface area contributed by atoms with E-state index in [2.05, 4.69) is 10.3 Å². The van der Waals surface area contributed by atoms with Gasteiger partial charge in [-0.2, -0.15) is 0 Å². The summed E-state index contributed by atoms with van der Waals surface area (Å²) < 4.78 is 28.5. The molecule has 0 atom stereocenters. The van der Waals surface area contributed by atoms with Crippen molar-refractivity contribution in [3.8, 4) is 0 Å². The van der Waals surface area contributed by atoms with Crippen LogP contribution in [0, 0.1) is 11.6 Å². The van der Waals surface area contributed by atoms with Gasteiger partial charge in [-0.15, -0.1) is 0 Å². The lowest BCUT2D eigenvalue weighted by Crippen LogP contribution is -2.24. The molecule has 0 aliphatic rings. The summed E-state index contributed by atoms with van der Waals surface area (Å²) in [6.07, 6.45) is 3.35. The van der Waals surface area contributed by atoms with Crippen LogP contribution in [0.5, 0.6) is 0 Å². The van der Waals surface area contributed by atoms with Gasteiger partial charge in [0.15, 0.2) is 0 Å². The van der Waals surface area contributed by atoms with E-state index in [1.807, 2.05) is 19.1 Å². The number of hydrogen-bond acceptors (Lipinski definition) is 3. The highest BCUT2D eigenvalue weighted by Crippen LogP contribution is 2.26. The highest BCUT2D eigenvalue weighted by atomic mass is 19.1. The minimum absolute atomic E-state index is 0.0224. The molecule has 2 rings (SSSR count). The van der Waals surface area contributed by atoms with Gasteiger partial charge < -0.3 is 10.2 Å². The maximum Gasteiger partial charge on any atom is 0.149 e. The molecule has 1 N–H and O–H groups in total. The molecule has 21 heavy (non-hydrogen) atoms. The molecule has 5 heteroatoms. The lowest BCUT2D eigenvalue weighted by Gasteiger charge is -2.24. The third kappa shape index (κ3) is 3.76. The summed E-state index contributed by atoms with van der Waals surface area (Å²) in [4.78, 5) is 5.63. The van der Waals surface area contributed by atoms with Gasteiger partial charge in [-0.3, -0.25) is 4.98 Å². The standard InChI is InChI=1S/C16H19F2N3/c1-3-21(11-12-4-6-20-7-5-12)16-14(17)8-13(10-19-2)9-15(16)18/h4-9,19H,3,10-11H2,1-2H3. The van der Waals surface area contributed by atoms with Crippen LogP contribution in [-0.4, -0.2) is 18.6 Å². The second kappa shape index (κ2) is 7.13. The summed E-state index contributed by atoms with van der Waals surface area (Å²) in [5, 5.41) is 2.89. The third-order valence-corrected chi connectivity index (χ3v) is 3.28. The quantitative estimate of drug-likeness (QED) is 0.886. The molecule has 1 aromatic heterocycles. The Morgan fingerprint density at radius 1 is 1.10 bits per heavy atom. The van der Waals surface area contributed by atoms with E-state index in [1.165, 1.54) is 12.1 Å². The summed E-state index contributed by atoms with van der Waals surface area (Å²) in [6, 6.07) is 6.44. The van der Waals surface area contributed by atoms with Crippen molar-refractivity contribution >= 4 is 5.69 Å². The van der Waals surface area contributed by atoms with Gasteiger partial charge in [0, 0.05) is 32.0 Å². The number of aromatic nitrogens is 1. The van der Waals surface area contributed by atoms with Crippen LogP contribution in [0.15, 0.2) is 36.7 Å². The van der Waals surface area contributed by atoms with E-state index >= 15 is 0 Å². The largest absolute Gasteiger partial charge is 0.363 e. The van der Waals surface area contributed by atoms with Crippen LogP contribution in [0.3, 0.4) is 0 Å². The average molecular weight is 291 g/mol. The number of nitrogens with zero attached hydrogens (tertiary/aromatic N) is 2. The SMILES string of the molecule is CCN(Cc1ccncc1)c1c(F)cc(CNC)cc1F. The third-order valence-electron chi connectivity index (χ3n) is 3.28. The molecule has 3 nitrogen and oxygen atoms in total. The Morgan fingerprint density at radius 3 is 2.24 bits per heavy atom. The van der Waals surface area contributed by atoms with E-state index in [0.717, 1.165) is 5.56 Å². The van der Waals surface area contributed by atoms with Crippen LogP contribution in [0.2, 0.25) is 0 Å². The van der Waals surface area contributed by atoms with Gasteiger partial charge in [0.1, 0.15) is 17.3 Å². The normalized spacial score (nSPS) is 10.7. The van der Waals surface area contributed by atoms with E-state index in [1.54, 1.807) is 24.3 Å². The number of nitrogens with one attached hydrogen (secondary N) is 1. The molecule has 112 valence electrons. The minimum atomic E-state index is -0.531.